The van der Waals surface area contributed by atoms with Gasteiger partial charge in [0.2, 0.25) is 0 Å². The number of rotatable bonds is 4. The number of esters is 1. The molecule has 0 atom stereocenters. The van der Waals surface area contributed by atoms with Gasteiger partial charge in [0.15, 0.2) is 5.75 Å². The van der Waals surface area contributed by atoms with Gasteiger partial charge in [0.05, 0.1) is 15.1 Å². The van der Waals surface area contributed by atoms with Gasteiger partial charge in [0.25, 0.3) is 0 Å². The molecule has 0 aliphatic heterocycles. The summed E-state index contributed by atoms with van der Waals surface area (Å²) in [6.07, 6.45) is 0.874. The van der Waals surface area contributed by atoms with Gasteiger partial charge in [0, 0.05) is 12.5 Å². The lowest BCUT2D eigenvalue weighted by molar-refractivity contribution is -0.134. The predicted octanol–water partition coefficient (Wildman–Crippen LogP) is 5.19. The van der Waals surface area contributed by atoms with Crippen molar-refractivity contribution in [3.8, 4) is 5.75 Å². The molecule has 0 fully saturated rings. The van der Waals surface area contributed by atoms with E-state index in [-0.39, 0.29) is 23.2 Å². The van der Waals surface area contributed by atoms with Crippen molar-refractivity contribution >= 4 is 40.8 Å². The predicted molar refractivity (Wildman–Crippen MR) is 81.9 cm³/mol. The summed E-state index contributed by atoms with van der Waals surface area (Å²) in [5.41, 5.74) is 1.07. The van der Waals surface area contributed by atoms with Crippen LogP contribution >= 0.6 is 34.8 Å². The van der Waals surface area contributed by atoms with Crippen molar-refractivity contribution in [2.24, 2.45) is 0 Å². The number of ether oxygens (including phenoxy) is 1. The fraction of sp³-hybridized carbons (Fsp3) is 0.133. The molecular weight excluding hydrogens is 319 g/mol. The number of hydrogen-bond donors (Lipinski definition) is 0. The van der Waals surface area contributed by atoms with Gasteiger partial charge in [-0.05, 0) is 18.1 Å². The van der Waals surface area contributed by atoms with Crippen LogP contribution in [-0.4, -0.2) is 5.97 Å². The molecule has 20 heavy (non-hydrogen) atoms. The van der Waals surface area contributed by atoms with Crippen LogP contribution in [0.1, 0.15) is 12.0 Å². The van der Waals surface area contributed by atoms with Crippen LogP contribution < -0.4 is 4.74 Å². The van der Waals surface area contributed by atoms with Crippen molar-refractivity contribution in [1.29, 1.82) is 0 Å². The van der Waals surface area contributed by atoms with Crippen LogP contribution in [0.3, 0.4) is 0 Å². The minimum Gasteiger partial charge on any atom is -0.425 e. The van der Waals surface area contributed by atoms with Crippen LogP contribution in [0.15, 0.2) is 42.5 Å². The maximum Gasteiger partial charge on any atom is 0.311 e. The first-order valence-corrected chi connectivity index (χ1v) is 7.09. The highest BCUT2D eigenvalue weighted by Crippen LogP contribution is 2.34. The van der Waals surface area contributed by atoms with E-state index in [4.69, 9.17) is 39.5 Å². The van der Waals surface area contributed by atoms with Gasteiger partial charge in [-0.25, -0.2) is 0 Å². The highest BCUT2D eigenvalue weighted by molar-refractivity contribution is 6.43. The fourth-order valence-electron chi connectivity index (χ4n) is 1.65. The smallest absolute Gasteiger partial charge is 0.311 e. The molecule has 0 aliphatic rings. The molecule has 0 unspecified atom stereocenters. The van der Waals surface area contributed by atoms with Crippen molar-refractivity contribution in [3.05, 3.63) is 63.1 Å². The number of aryl methyl sites for hydroxylation is 1. The first-order chi connectivity index (χ1) is 9.56. The van der Waals surface area contributed by atoms with Crippen molar-refractivity contribution in [2.45, 2.75) is 12.8 Å². The second-order valence-electron chi connectivity index (χ2n) is 4.16. The van der Waals surface area contributed by atoms with Crippen LogP contribution in [0.25, 0.3) is 0 Å². The molecule has 104 valence electrons. The van der Waals surface area contributed by atoms with Gasteiger partial charge in [0.1, 0.15) is 0 Å². The molecule has 0 amide bonds. The maximum absolute atomic E-state index is 11.8. The summed E-state index contributed by atoms with van der Waals surface area (Å²) in [6, 6.07) is 12.6. The third-order valence-electron chi connectivity index (χ3n) is 2.66. The number of hydrogen-bond acceptors (Lipinski definition) is 2. The number of benzene rings is 2. The molecule has 2 aromatic carbocycles. The lowest BCUT2D eigenvalue weighted by Crippen LogP contribution is -2.09. The Kier molecular flexibility index (Phi) is 5.30. The summed E-state index contributed by atoms with van der Waals surface area (Å²) in [4.78, 5) is 11.8. The molecule has 0 saturated carbocycles. The van der Waals surface area contributed by atoms with E-state index >= 15 is 0 Å². The molecular formula is C15H11Cl3O2. The molecule has 0 bridgehead atoms. The summed E-state index contributed by atoms with van der Waals surface area (Å²) >= 11 is 17.6. The molecule has 5 heteroatoms. The molecule has 2 nitrogen and oxygen atoms in total. The second kappa shape index (κ2) is 6.98. The molecule has 0 radical (unpaired) electrons. The summed E-state index contributed by atoms with van der Waals surface area (Å²) in [6.45, 7) is 0. The van der Waals surface area contributed by atoms with Crippen molar-refractivity contribution in [3.63, 3.8) is 0 Å². The van der Waals surface area contributed by atoms with Crippen LogP contribution in [-0.2, 0) is 11.2 Å². The lowest BCUT2D eigenvalue weighted by atomic mass is 10.1. The molecule has 0 aromatic heterocycles. The minimum atomic E-state index is -0.367. The lowest BCUT2D eigenvalue weighted by Gasteiger charge is -2.07. The summed E-state index contributed by atoms with van der Waals surface area (Å²) in [7, 11) is 0. The van der Waals surface area contributed by atoms with E-state index in [0.717, 1.165) is 5.56 Å². The van der Waals surface area contributed by atoms with Gasteiger partial charge in [-0.3, -0.25) is 4.79 Å². The second-order valence-corrected chi connectivity index (χ2v) is 5.38. The summed E-state index contributed by atoms with van der Waals surface area (Å²) in [5, 5.41) is 0.870. The van der Waals surface area contributed by atoms with Gasteiger partial charge in [-0.1, -0.05) is 65.1 Å². The van der Waals surface area contributed by atoms with E-state index < -0.39 is 0 Å². The molecule has 0 saturated heterocycles. The number of carbonyl (C=O) groups is 1. The highest BCUT2D eigenvalue weighted by Gasteiger charge is 2.11. The van der Waals surface area contributed by atoms with Gasteiger partial charge >= 0.3 is 5.97 Å². The van der Waals surface area contributed by atoms with E-state index in [1.807, 2.05) is 30.3 Å². The molecule has 2 rings (SSSR count). The van der Waals surface area contributed by atoms with Crippen LogP contribution in [0.5, 0.6) is 5.75 Å². The molecule has 0 aliphatic carbocycles. The van der Waals surface area contributed by atoms with E-state index in [0.29, 0.717) is 16.5 Å². The Morgan fingerprint density at radius 3 is 2.30 bits per heavy atom. The van der Waals surface area contributed by atoms with E-state index in [1.165, 1.54) is 12.1 Å². The zero-order valence-electron chi connectivity index (χ0n) is 10.4. The Hall–Kier alpha value is -1.22. The average Bonchev–Trinajstić information content (AvgIpc) is 2.44. The quantitative estimate of drug-likeness (QED) is 0.438. The Balaban J connectivity index is 1.97. The zero-order chi connectivity index (χ0) is 14.5. The van der Waals surface area contributed by atoms with Crippen molar-refractivity contribution in [2.75, 3.05) is 0 Å². The Morgan fingerprint density at radius 2 is 1.60 bits per heavy atom. The van der Waals surface area contributed by atoms with Gasteiger partial charge in [-0.2, -0.15) is 0 Å². The molecule has 0 heterocycles. The van der Waals surface area contributed by atoms with Crippen molar-refractivity contribution in [1.82, 2.24) is 0 Å². The number of halogens is 3. The highest BCUT2D eigenvalue weighted by atomic mass is 35.5. The molecule has 2 aromatic rings. The minimum absolute atomic E-state index is 0.221. The monoisotopic (exact) mass is 328 g/mol. The Morgan fingerprint density at radius 1 is 0.950 bits per heavy atom. The van der Waals surface area contributed by atoms with Crippen LogP contribution in [0.4, 0.5) is 0 Å². The summed E-state index contributed by atoms with van der Waals surface area (Å²) < 4.78 is 5.19. The largest absolute Gasteiger partial charge is 0.425 e. The van der Waals surface area contributed by atoms with E-state index in [1.54, 1.807) is 0 Å². The SMILES string of the molecule is O=C(CCc1ccccc1)Oc1cc(Cl)c(Cl)cc1Cl. The van der Waals surface area contributed by atoms with Gasteiger partial charge < -0.3 is 4.74 Å². The van der Waals surface area contributed by atoms with Gasteiger partial charge in [-0.15, -0.1) is 0 Å². The number of carbonyl (C=O) groups excluding carboxylic acids is 1. The topological polar surface area (TPSA) is 26.3 Å². The molecule has 0 N–H and O–H groups in total. The first kappa shape index (κ1) is 15.2. The fourth-order valence-corrected chi connectivity index (χ4v) is 2.22. The van der Waals surface area contributed by atoms with Crippen LogP contribution in [0.2, 0.25) is 15.1 Å². The Labute approximate surface area is 132 Å². The molecule has 0 spiro atoms. The zero-order valence-corrected chi connectivity index (χ0v) is 12.7. The average molecular weight is 330 g/mol. The van der Waals surface area contributed by atoms with E-state index in [2.05, 4.69) is 0 Å². The normalized spacial score (nSPS) is 10.3. The third-order valence-corrected chi connectivity index (χ3v) is 3.68. The summed E-state index contributed by atoms with van der Waals surface area (Å²) in [5.74, 6) is -0.145. The standard InChI is InChI=1S/C15H11Cl3O2/c16-11-8-13(18)14(9-12(11)17)20-15(19)7-6-10-4-2-1-3-5-10/h1-5,8-9H,6-7H2. The maximum atomic E-state index is 11.8. The first-order valence-electron chi connectivity index (χ1n) is 5.95. The van der Waals surface area contributed by atoms with E-state index in [9.17, 15) is 4.79 Å². The van der Waals surface area contributed by atoms with Crippen molar-refractivity contribution < 1.29 is 9.53 Å². The Bertz CT molecular complexity index is 612. The third kappa shape index (κ3) is 4.14. The van der Waals surface area contributed by atoms with Crippen LogP contribution in [0, 0.1) is 0 Å².